The molecular weight excluding hydrogens is 222 g/mol. The first kappa shape index (κ1) is 13.3. The van der Waals surface area contributed by atoms with Crippen LogP contribution in [0.4, 0.5) is 4.79 Å². The van der Waals surface area contributed by atoms with Crippen LogP contribution in [0.1, 0.15) is 6.92 Å². The molecule has 0 saturated heterocycles. The number of ether oxygens (including phenoxy) is 1. The first-order chi connectivity index (χ1) is 7.08. The number of hydrogen-bond donors (Lipinski definition) is 1. The molecule has 0 bridgehead atoms. The van der Waals surface area contributed by atoms with E-state index in [0.29, 0.717) is 4.90 Å². The van der Waals surface area contributed by atoms with E-state index in [1.165, 1.54) is 12.3 Å². The largest absolute Gasteiger partial charge is 0.461 e. The molecule has 0 fully saturated rings. The molecule has 0 aromatic heterocycles. The molecule has 2 amide bonds. The van der Waals surface area contributed by atoms with Crippen LogP contribution in [0.15, 0.2) is 11.8 Å². The number of urea groups is 1. The van der Waals surface area contributed by atoms with E-state index in [4.69, 9.17) is 22.6 Å². The Balaban J connectivity index is 4.97. The number of nitriles is 1. The van der Waals surface area contributed by atoms with Crippen molar-refractivity contribution >= 4 is 23.6 Å². The minimum absolute atomic E-state index is 0.0421. The highest BCUT2D eigenvalue weighted by Gasteiger charge is 2.22. The lowest BCUT2D eigenvalue weighted by Gasteiger charge is -2.13. The highest BCUT2D eigenvalue weighted by molar-refractivity contribution is 6.19. The zero-order valence-electron chi connectivity index (χ0n) is 8.07. The van der Waals surface area contributed by atoms with E-state index < -0.39 is 12.0 Å². The molecule has 7 heteroatoms. The third kappa shape index (κ3) is 3.87. The molecule has 0 aliphatic heterocycles. The summed E-state index contributed by atoms with van der Waals surface area (Å²) in [6.45, 7) is 1.72. The number of allylic oxidation sites excluding steroid dienone is 1. The summed E-state index contributed by atoms with van der Waals surface area (Å²) in [4.78, 5) is 22.5. The van der Waals surface area contributed by atoms with Crippen LogP contribution in [0.5, 0.6) is 0 Å². The molecule has 0 heterocycles. The van der Waals surface area contributed by atoms with Gasteiger partial charge in [0.2, 0.25) is 0 Å². The van der Waals surface area contributed by atoms with E-state index in [9.17, 15) is 9.59 Å². The smallest absolute Gasteiger partial charge is 0.355 e. The zero-order chi connectivity index (χ0) is 11.8. The third-order valence-electron chi connectivity index (χ3n) is 1.32. The van der Waals surface area contributed by atoms with Crippen molar-refractivity contribution in [2.45, 2.75) is 6.92 Å². The highest BCUT2D eigenvalue weighted by Crippen LogP contribution is 2.06. The summed E-state index contributed by atoms with van der Waals surface area (Å²) < 4.78 is 4.62. The van der Waals surface area contributed by atoms with Gasteiger partial charge in [0, 0.05) is 5.88 Å². The number of rotatable bonds is 4. The number of carbonyl (C=O) groups excluding carboxylic acids is 2. The number of alkyl halides is 1. The molecule has 0 aliphatic carbocycles. The quantitative estimate of drug-likeness (QED) is 0.251. The van der Waals surface area contributed by atoms with Crippen molar-refractivity contribution in [3.8, 4) is 6.19 Å². The van der Waals surface area contributed by atoms with Crippen molar-refractivity contribution < 1.29 is 14.3 Å². The molecule has 0 radical (unpaired) electrons. The minimum atomic E-state index is -1.07. The summed E-state index contributed by atoms with van der Waals surface area (Å²) in [5.41, 5.74) is 4.61. The van der Waals surface area contributed by atoms with Crippen LogP contribution in [0.2, 0.25) is 0 Å². The van der Waals surface area contributed by atoms with Crippen LogP contribution in [-0.2, 0) is 9.53 Å². The molecule has 0 rings (SSSR count). The van der Waals surface area contributed by atoms with Crippen molar-refractivity contribution in [2.24, 2.45) is 5.73 Å². The molecule has 0 aromatic rings. The Labute approximate surface area is 91.8 Å². The minimum Gasteiger partial charge on any atom is -0.461 e. The maximum absolute atomic E-state index is 11.3. The summed E-state index contributed by atoms with van der Waals surface area (Å²) in [6, 6.07) is -1.07. The van der Waals surface area contributed by atoms with E-state index in [1.807, 2.05) is 0 Å². The van der Waals surface area contributed by atoms with E-state index in [0.717, 1.165) is 0 Å². The number of nitrogens with two attached hydrogens (primary N) is 1. The Morgan fingerprint density at radius 1 is 1.67 bits per heavy atom. The number of amides is 2. The Bertz CT molecular complexity index is 322. The third-order valence-corrected chi connectivity index (χ3v) is 1.47. The SMILES string of the molecule is CCOC(=O)/C(=C/CCl)N(C#N)C(N)=O. The number of hydrogen-bond acceptors (Lipinski definition) is 4. The van der Waals surface area contributed by atoms with E-state index >= 15 is 0 Å². The van der Waals surface area contributed by atoms with Gasteiger partial charge in [-0.1, -0.05) is 0 Å². The maximum Gasteiger partial charge on any atom is 0.355 e. The van der Waals surface area contributed by atoms with Crippen LogP contribution < -0.4 is 5.73 Å². The molecule has 0 atom stereocenters. The van der Waals surface area contributed by atoms with E-state index in [2.05, 4.69) is 4.74 Å². The second-order valence-corrected chi connectivity index (χ2v) is 2.55. The fourth-order valence-corrected chi connectivity index (χ4v) is 0.912. The van der Waals surface area contributed by atoms with Gasteiger partial charge in [-0.25, -0.2) is 9.59 Å². The number of halogens is 1. The van der Waals surface area contributed by atoms with Gasteiger partial charge in [0.25, 0.3) is 0 Å². The Morgan fingerprint density at radius 2 is 2.27 bits per heavy atom. The Hall–Kier alpha value is -1.74. The molecule has 0 saturated carbocycles. The molecule has 15 heavy (non-hydrogen) atoms. The summed E-state index contributed by atoms with van der Waals surface area (Å²) in [5, 5.41) is 8.59. The van der Waals surface area contributed by atoms with Crippen LogP contribution in [-0.4, -0.2) is 29.4 Å². The zero-order valence-corrected chi connectivity index (χ0v) is 8.82. The fourth-order valence-electron chi connectivity index (χ4n) is 0.766. The van der Waals surface area contributed by atoms with Crippen molar-refractivity contribution in [1.29, 1.82) is 5.26 Å². The summed E-state index contributed by atoms with van der Waals surface area (Å²) in [6.07, 6.45) is 2.63. The van der Waals surface area contributed by atoms with Gasteiger partial charge < -0.3 is 10.5 Å². The summed E-state index contributed by atoms with van der Waals surface area (Å²) in [7, 11) is 0. The lowest BCUT2D eigenvalue weighted by molar-refractivity contribution is -0.139. The molecule has 82 valence electrons. The highest BCUT2D eigenvalue weighted by atomic mass is 35.5. The topological polar surface area (TPSA) is 96.4 Å². The van der Waals surface area contributed by atoms with E-state index in [-0.39, 0.29) is 18.2 Å². The predicted molar refractivity (Wildman–Crippen MR) is 52.5 cm³/mol. The van der Waals surface area contributed by atoms with Gasteiger partial charge in [-0.2, -0.15) is 10.2 Å². The van der Waals surface area contributed by atoms with Crippen LogP contribution >= 0.6 is 11.6 Å². The van der Waals surface area contributed by atoms with Gasteiger partial charge in [-0.05, 0) is 13.0 Å². The van der Waals surface area contributed by atoms with Crippen LogP contribution in [0.3, 0.4) is 0 Å². The lowest BCUT2D eigenvalue weighted by atomic mass is 10.4. The molecule has 6 nitrogen and oxygen atoms in total. The second-order valence-electron chi connectivity index (χ2n) is 2.24. The molecule has 0 unspecified atom stereocenters. The molecule has 2 N–H and O–H groups in total. The normalized spacial score (nSPS) is 10.3. The first-order valence-corrected chi connectivity index (χ1v) is 4.54. The van der Waals surface area contributed by atoms with Crippen molar-refractivity contribution in [3.05, 3.63) is 11.8 Å². The summed E-state index contributed by atoms with van der Waals surface area (Å²) in [5.74, 6) is -0.863. The molecule has 0 spiro atoms. The number of nitrogens with zero attached hydrogens (tertiary/aromatic N) is 2. The van der Waals surface area contributed by atoms with E-state index in [1.54, 1.807) is 6.92 Å². The van der Waals surface area contributed by atoms with Crippen LogP contribution in [0.25, 0.3) is 0 Å². The number of primary amides is 1. The monoisotopic (exact) mass is 231 g/mol. The molecule has 0 aromatic carbocycles. The van der Waals surface area contributed by atoms with Gasteiger partial charge in [-0.15, -0.1) is 11.6 Å². The maximum atomic E-state index is 11.3. The summed E-state index contributed by atoms with van der Waals surface area (Å²) >= 11 is 5.37. The van der Waals surface area contributed by atoms with Crippen LogP contribution in [0, 0.1) is 11.5 Å². The number of esters is 1. The number of carbonyl (C=O) groups is 2. The molecule has 0 aliphatic rings. The Morgan fingerprint density at radius 3 is 2.60 bits per heavy atom. The van der Waals surface area contributed by atoms with Crippen molar-refractivity contribution in [3.63, 3.8) is 0 Å². The van der Waals surface area contributed by atoms with Gasteiger partial charge in [0.05, 0.1) is 6.61 Å². The average molecular weight is 232 g/mol. The van der Waals surface area contributed by atoms with Crippen molar-refractivity contribution in [1.82, 2.24) is 4.90 Å². The van der Waals surface area contributed by atoms with Gasteiger partial charge in [0.15, 0.2) is 6.19 Å². The second kappa shape index (κ2) is 6.68. The van der Waals surface area contributed by atoms with Gasteiger partial charge in [0.1, 0.15) is 5.70 Å². The average Bonchev–Trinajstić information content (AvgIpc) is 2.17. The Kier molecular flexibility index (Phi) is 5.90. The van der Waals surface area contributed by atoms with Gasteiger partial charge in [-0.3, -0.25) is 0 Å². The standard InChI is InChI=1S/C8H10ClN3O3/c1-2-15-7(13)6(3-4-9)12(5-10)8(11)14/h3H,2,4H2,1H3,(H2,11,14)/b6-3-. The lowest BCUT2D eigenvalue weighted by Crippen LogP contribution is -2.34. The molecular formula is C8H10ClN3O3. The van der Waals surface area contributed by atoms with Gasteiger partial charge >= 0.3 is 12.0 Å². The predicted octanol–water partition coefficient (Wildman–Crippen LogP) is 0.534. The fraction of sp³-hybridized carbons (Fsp3) is 0.375. The first-order valence-electron chi connectivity index (χ1n) is 4.01. The van der Waals surface area contributed by atoms with Crippen molar-refractivity contribution in [2.75, 3.05) is 12.5 Å².